The first-order valence-electron chi connectivity index (χ1n) is 4.98. The van der Waals surface area contributed by atoms with Gasteiger partial charge in [-0.1, -0.05) is 6.92 Å². The number of ether oxygens (including phenoxy) is 1. The summed E-state index contributed by atoms with van der Waals surface area (Å²) in [6, 6.07) is 4.09. The summed E-state index contributed by atoms with van der Waals surface area (Å²) < 4.78 is 4.95. The third kappa shape index (κ3) is 2.79. The van der Waals surface area contributed by atoms with Gasteiger partial charge in [-0.25, -0.2) is 4.79 Å². The number of carbonyl (C=O) groups excluding carboxylic acids is 1. The first-order valence-corrected chi connectivity index (χ1v) is 4.98. The van der Waals surface area contributed by atoms with E-state index in [9.17, 15) is 14.9 Å². The zero-order chi connectivity index (χ0) is 12.1. The van der Waals surface area contributed by atoms with Crippen LogP contribution in [-0.4, -0.2) is 17.5 Å². The molecule has 0 N–H and O–H groups in total. The number of benzene rings is 1. The van der Waals surface area contributed by atoms with Crippen LogP contribution in [0.4, 0.5) is 5.69 Å². The Morgan fingerprint density at radius 3 is 2.69 bits per heavy atom. The maximum absolute atomic E-state index is 11.5. The highest BCUT2D eigenvalue weighted by atomic mass is 16.6. The highest BCUT2D eigenvalue weighted by Gasteiger charge is 2.14. The third-order valence-electron chi connectivity index (χ3n) is 2.08. The number of hydrogen-bond donors (Lipinski definition) is 0. The molecule has 0 aliphatic rings. The van der Waals surface area contributed by atoms with Gasteiger partial charge in [0, 0.05) is 12.1 Å². The number of carbonyl (C=O) groups is 1. The van der Waals surface area contributed by atoms with Gasteiger partial charge in [0.25, 0.3) is 5.69 Å². The molecule has 0 radical (unpaired) electrons. The lowest BCUT2D eigenvalue weighted by Crippen LogP contribution is -2.07. The minimum absolute atomic E-state index is 0.0236. The van der Waals surface area contributed by atoms with Crippen molar-refractivity contribution in [2.45, 2.75) is 20.3 Å². The largest absolute Gasteiger partial charge is 0.462 e. The van der Waals surface area contributed by atoms with Crippen LogP contribution in [0.2, 0.25) is 0 Å². The Labute approximate surface area is 93.2 Å². The van der Waals surface area contributed by atoms with Gasteiger partial charge in [0.1, 0.15) is 0 Å². The fraction of sp³-hybridized carbons (Fsp3) is 0.364. The fourth-order valence-corrected chi connectivity index (χ4v) is 1.26. The highest BCUT2D eigenvalue weighted by Crippen LogP contribution is 2.17. The maximum Gasteiger partial charge on any atom is 0.338 e. The molecule has 0 aromatic heterocycles. The molecule has 1 aromatic rings. The molecule has 0 saturated carbocycles. The molecule has 0 fully saturated rings. The standard InChI is InChI=1S/C11H13NO4/c1-3-6-16-11(13)10-5-4-9(12(14)15)7-8(10)2/h4-5,7H,3,6H2,1-2H3. The molecular formula is C11H13NO4. The molecule has 1 aromatic carbocycles. The van der Waals surface area contributed by atoms with Gasteiger partial charge in [0.15, 0.2) is 0 Å². The van der Waals surface area contributed by atoms with E-state index in [4.69, 9.17) is 4.74 Å². The van der Waals surface area contributed by atoms with Crippen molar-refractivity contribution in [2.75, 3.05) is 6.61 Å². The van der Waals surface area contributed by atoms with Crippen LogP contribution >= 0.6 is 0 Å². The monoisotopic (exact) mass is 223 g/mol. The number of nitro groups is 1. The number of nitrogens with zero attached hydrogens (tertiary/aromatic N) is 1. The Morgan fingerprint density at radius 1 is 1.50 bits per heavy atom. The lowest BCUT2D eigenvalue weighted by molar-refractivity contribution is -0.384. The first-order chi connectivity index (χ1) is 7.56. The van der Waals surface area contributed by atoms with Crippen molar-refractivity contribution in [3.63, 3.8) is 0 Å². The molecule has 16 heavy (non-hydrogen) atoms. The average Bonchev–Trinajstić information content (AvgIpc) is 2.25. The SMILES string of the molecule is CCCOC(=O)c1ccc([N+](=O)[O-])cc1C. The Balaban J connectivity index is 2.90. The molecule has 0 bridgehead atoms. The minimum atomic E-state index is -0.492. The molecule has 0 saturated heterocycles. The van der Waals surface area contributed by atoms with Gasteiger partial charge >= 0.3 is 5.97 Å². The van der Waals surface area contributed by atoms with Crippen molar-refractivity contribution in [3.05, 3.63) is 39.4 Å². The van der Waals surface area contributed by atoms with E-state index in [0.29, 0.717) is 17.7 Å². The predicted octanol–water partition coefficient (Wildman–Crippen LogP) is 2.47. The van der Waals surface area contributed by atoms with Gasteiger partial charge in [0.2, 0.25) is 0 Å². The molecule has 0 aliphatic heterocycles. The van der Waals surface area contributed by atoms with Gasteiger partial charge < -0.3 is 4.74 Å². The Kier molecular flexibility index (Phi) is 3.99. The summed E-state index contributed by atoms with van der Waals surface area (Å²) in [6.45, 7) is 3.90. The number of aryl methyl sites for hydroxylation is 1. The van der Waals surface area contributed by atoms with Gasteiger partial charge in [-0.2, -0.15) is 0 Å². The van der Waals surface area contributed by atoms with Crippen LogP contribution in [0.1, 0.15) is 29.3 Å². The van der Waals surface area contributed by atoms with Crippen LogP contribution in [0.25, 0.3) is 0 Å². The van der Waals surface area contributed by atoms with E-state index in [1.807, 2.05) is 6.92 Å². The van der Waals surface area contributed by atoms with Crippen molar-refractivity contribution in [1.29, 1.82) is 0 Å². The first kappa shape index (κ1) is 12.2. The van der Waals surface area contributed by atoms with Crippen LogP contribution < -0.4 is 0 Å². The summed E-state index contributed by atoms with van der Waals surface area (Å²) in [7, 11) is 0. The van der Waals surface area contributed by atoms with Crippen LogP contribution in [0.5, 0.6) is 0 Å². The molecule has 0 heterocycles. The molecule has 1 rings (SSSR count). The highest BCUT2D eigenvalue weighted by molar-refractivity contribution is 5.91. The second-order valence-electron chi connectivity index (χ2n) is 3.39. The number of non-ortho nitro benzene ring substituents is 1. The second kappa shape index (κ2) is 5.25. The topological polar surface area (TPSA) is 69.4 Å². The van der Waals surface area contributed by atoms with Crippen LogP contribution in [0.15, 0.2) is 18.2 Å². The average molecular weight is 223 g/mol. The molecule has 86 valence electrons. The molecule has 0 spiro atoms. The Bertz CT molecular complexity index is 414. The van der Waals surface area contributed by atoms with Gasteiger partial charge in [0.05, 0.1) is 17.1 Å². The summed E-state index contributed by atoms with van der Waals surface area (Å²) >= 11 is 0. The molecule has 0 unspecified atom stereocenters. The molecule has 5 nitrogen and oxygen atoms in total. The van der Waals surface area contributed by atoms with E-state index >= 15 is 0 Å². The van der Waals surface area contributed by atoms with Crippen molar-refractivity contribution in [3.8, 4) is 0 Å². The predicted molar refractivity (Wildman–Crippen MR) is 58.4 cm³/mol. The summed E-state index contributed by atoms with van der Waals surface area (Å²) in [5, 5.41) is 10.5. The summed E-state index contributed by atoms with van der Waals surface area (Å²) in [6.07, 6.45) is 0.748. The summed E-state index contributed by atoms with van der Waals surface area (Å²) in [5.41, 5.74) is 0.902. The Morgan fingerprint density at radius 2 is 2.19 bits per heavy atom. The number of rotatable bonds is 4. The van der Waals surface area contributed by atoms with Crippen LogP contribution in [0, 0.1) is 17.0 Å². The van der Waals surface area contributed by atoms with Crippen molar-refractivity contribution in [1.82, 2.24) is 0 Å². The zero-order valence-electron chi connectivity index (χ0n) is 9.23. The Hall–Kier alpha value is -1.91. The van der Waals surface area contributed by atoms with Crippen molar-refractivity contribution >= 4 is 11.7 Å². The van der Waals surface area contributed by atoms with Crippen LogP contribution in [0.3, 0.4) is 0 Å². The van der Waals surface area contributed by atoms with E-state index in [1.165, 1.54) is 18.2 Å². The van der Waals surface area contributed by atoms with E-state index in [0.717, 1.165) is 6.42 Å². The second-order valence-corrected chi connectivity index (χ2v) is 3.39. The zero-order valence-corrected chi connectivity index (χ0v) is 9.23. The fourth-order valence-electron chi connectivity index (χ4n) is 1.26. The van der Waals surface area contributed by atoms with E-state index in [-0.39, 0.29) is 5.69 Å². The normalized spacial score (nSPS) is 9.88. The van der Waals surface area contributed by atoms with Crippen LogP contribution in [-0.2, 0) is 4.74 Å². The molecule has 0 amide bonds. The van der Waals surface area contributed by atoms with Gasteiger partial charge in [-0.05, 0) is 25.0 Å². The van der Waals surface area contributed by atoms with Crippen molar-refractivity contribution in [2.24, 2.45) is 0 Å². The molecular weight excluding hydrogens is 210 g/mol. The maximum atomic E-state index is 11.5. The van der Waals surface area contributed by atoms with E-state index < -0.39 is 10.9 Å². The quantitative estimate of drug-likeness (QED) is 0.446. The molecule has 5 heteroatoms. The third-order valence-corrected chi connectivity index (χ3v) is 2.08. The lowest BCUT2D eigenvalue weighted by Gasteiger charge is -2.05. The number of esters is 1. The molecule has 0 aliphatic carbocycles. The lowest BCUT2D eigenvalue weighted by atomic mass is 10.1. The van der Waals surface area contributed by atoms with E-state index in [2.05, 4.69) is 0 Å². The van der Waals surface area contributed by atoms with Gasteiger partial charge in [-0.15, -0.1) is 0 Å². The number of hydrogen-bond acceptors (Lipinski definition) is 4. The van der Waals surface area contributed by atoms with Gasteiger partial charge in [-0.3, -0.25) is 10.1 Å². The smallest absolute Gasteiger partial charge is 0.338 e. The van der Waals surface area contributed by atoms with Crippen molar-refractivity contribution < 1.29 is 14.5 Å². The summed E-state index contributed by atoms with van der Waals surface area (Å²) in [5.74, 6) is -0.436. The van der Waals surface area contributed by atoms with E-state index in [1.54, 1.807) is 6.92 Å². The number of nitro benzene ring substituents is 1. The minimum Gasteiger partial charge on any atom is -0.462 e. The molecule has 0 atom stereocenters. The summed E-state index contributed by atoms with van der Waals surface area (Å²) in [4.78, 5) is 21.5.